The topological polar surface area (TPSA) is 17.1 Å². The Hall–Kier alpha value is -2.49. The smallest absolute Gasteiger partial charge is 0.167 e. The van der Waals surface area contributed by atoms with Crippen molar-refractivity contribution in [3.63, 3.8) is 0 Å². The van der Waals surface area contributed by atoms with Gasteiger partial charge in [0.05, 0.1) is 0 Å². The van der Waals surface area contributed by atoms with Gasteiger partial charge in [0.1, 0.15) is 0 Å². The van der Waals surface area contributed by atoms with Gasteiger partial charge in [-0.25, -0.2) is 0 Å². The molecule has 0 fully saturated rings. The normalized spacial score (nSPS) is 18.9. The van der Waals surface area contributed by atoms with Gasteiger partial charge in [-0.15, -0.1) is 11.3 Å². The van der Waals surface area contributed by atoms with E-state index in [-0.39, 0.29) is 17.6 Å². The van der Waals surface area contributed by atoms with Gasteiger partial charge in [-0.3, -0.25) is 4.79 Å². The fourth-order valence-electron chi connectivity index (χ4n) is 5.13. The van der Waals surface area contributed by atoms with Crippen LogP contribution in [0.15, 0.2) is 77.3 Å². The van der Waals surface area contributed by atoms with E-state index in [4.69, 9.17) is 0 Å². The van der Waals surface area contributed by atoms with Crippen molar-refractivity contribution in [3.05, 3.63) is 94.0 Å². The molecule has 0 amide bonds. The van der Waals surface area contributed by atoms with E-state index in [1.807, 2.05) is 23.5 Å². The maximum Gasteiger partial charge on any atom is 0.167 e. The summed E-state index contributed by atoms with van der Waals surface area (Å²) >= 11 is 5.53. The molecule has 30 heavy (non-hydrogen) atoms. The first-order chi connectivity index (χ1) is 14.6. The Kier molecular flexibility index (Phi) is 4.12. The number of rotatable bonds is 1. The molecule has 1 aromatic heterocycles. The van der Waals surface area contributed by atoms with Crippen molar-refractivity contribution < 1.29 is 4.79 Å². The largest absolute Gasteiger partial charge is 0.294 e. The summed E-state index contributed by atoms with van der Waals surface area (Å²) in [6.07, 6.45) is 0.782. The van der Waals surface area contributed by atoms with Crippen LogP contribution in [0.1, 0.15) is 34.3 Å². The van der Waals surface area contributed by atoms with E-state index in [9.17, 15) is 4.79 Å². The van der Waals surface area contributed by atoms with Crippen molar-refractivity contribution in [2.24, 2.45) is 5.92 Å². The first-order valence-electron chi connectivity index (χ1n) is 10.3. The fraction of sp³-hybridized carbons (Fsp3) is 0.148. The Morgan fingerprint density at radius 3 is 2.40 bits per heavy atom. The summed E-state index contributed by atoms with van der Waals surface area (Å²) in [4.78, 5) is 16.2. The quantitative estimate of drug-likeness (QED) is 0.275. The molecule has 2 bridgehead atoms. The number of carbonyl (C=O) groups is 1. The van der Waals surface area contributed by atoms with Crippen LogP contribution in [-0.2, 0) is 6.42 Å². The molecule has 0 radical (unpaired) electrons. The van der Waals surface area contributed by atoms with Gasteiger partial charge in [0, 0.05) is 36.8 Å². The average Bonchev–Trinajstić information content (AvgIpc) is 3.09. The molecular formula is C27H19BrOS. The minimum Gasteiger partial charge on any atom is -0.294 e. The standard InChI is InChI=1S/C27H19BrOS/c1-15-21-13-17-11-12-18(28)14-22(17)24-23(15)27(20-10-6-5-9-19(20)25(21)29)30-26(24)16-7-3-2-4-8-16/h2-12,14-15,21H,13H2,1H3. The maximum absolute atomic E-state index is 13.7. The molecule has 1 heterocycles. The molecule has 0 saturated heterocycles. The van der Waals surface area contributed by atoms with Gasteiger partial charge in [-0.2, -0.15) is 0 Å². The van der Waals surface area contributed by atoms with Crippen LogP contribution in [0.4, 0.5) is 0 Å². The second-order valence-electron chi connectivity index (χ2n) is 8.23. The van der Waals surface area contributed by atoms with E-state index in [2.05, 4.69) is 83.5 Å². The number of Topliss-reactive ketones (excluding diaryl/α,β-unsaturated/α-hetero) is 1. The number of carbonyl (C=O) groups excluding carboxylic acids is 1. The lowest BCUT2D eigenvalue weighted by Gasteiger charge is -2.19. The van der Waals surface area contributed by atoms with Crippen LogP contribution >= 0.6 is 27.3 Å². The van der Waals surface area contributed by atoms with Crippen LogP contribution in [-0.4, -0.2) is 5.78 Å². The molecule has 0 aliphatic heterocycles. The third kappa shape index (κ3) is 2.55. The summed E-state index contributed by atoms with van der Waals surface area (Å²) < 4.78 is 1.08. The third-order valence-corrected chi connectivity index (χ3v) is 8.38. The molecule has 0 N–H and O–H groups in total. The van der Waals surface area contributed by atoms with Crippen LogP contribution in [0.5, 0.6) is 0 Å². The second-order valence-corrected chi connectivity index (χ2v) is 10.2. The highest BCUT2D eigenvalue weighted by Gasteiger charge is 2.40. The number of thiophene rings is 1. The van der Waals surface area contributed by atoms with Crippen molar-refractivity contribution in [1.29, 1.82) is 0 Å². The number of benzene rings is 3. The van der Waals surface area contributed by atoms with Crippen molar-refractivity contribution in [2.45, 2.75) is 19.3 Å². The lowest BCUT2D eigenvalue weighted by molar-refractivity contribution is 0.0906. The van der Waals surface area contributed by atoms with Crippen molar-refractivity contribution >= 4 is 33.0 Å². The van der Waals surface area contributed by atoms with E-state index < -0.39 is 0 Å². The number of ketones is 1. The number of fused-ring (bicyclic) bond motifs is 5. The Morgan fingerprint density at radius 1 is 0.867 bits per heavy atom. The number of hydrogen-bond donors (Lipinski definition) is 0. The molecule has 2 aliphatic carbocycles. The molecule has 2 unspecified atom stereocenters. The van der Waals surface area contributed by atoms with Gasteiger partial charge in [-0.05, 0) is 46.7 Å². The zero-order valence-electron chi connectivity index (χ0n) is 16.5. The minimum absolute atomic E-state index is 0.0354. The summed E-state index contributed by atoms with van der Waals surface area (Å²) in [7, 11) is 0. The number of hydrogen-bond acceptors (Lipinski definition) is 2. The first-order valence-corrected chi connectivity index (χ1v) is 11.9. The van der Waals surface area contributed by atoms with E-state index in [0.29, 0.717) is 0 Å². The van der Waals surface area contributed by atoms with Crippen LogP contribution in [0, 0.1) is 5.92 Å². The van der Waals surface area contributed by atoms with Gasteiger partial charge in [-0.1, -0.05) is 83.5 Å². The molecule has 2 atom stereocenters. The fourth-order valence-corrected chi connectivity index (χ4v) is 6.96. The molecule has 0 spiro atoms. The molecule has 1 nitrogen and oxygen atoms in total. The molecule has 0 saturated carbocycles. The van der Waals surface area contributed by atoms with Crippen molar-refractivity contribution in [1.82, 2.24) is 0 Å². The maximum atomic E-state index is 13.7. The molecule has 146 valence electrons. The zero-order chi connectivity index (χ0) is 20.4. The predicted octanol–water partition coefficient (Wildman–Crippen LogP) is 7.98. The molecule has 2 aliphatic rings. The van der Waals surface area contributed by atoms with Crippen LogP contribution in [0.25, 0.3) is 32.0 Å². The van der Waals surface area contributed by atoms with Crippen LogP contribution < -0.4 is 0 Å². The SMILES string of the molecule is CC1c2c3sc(-c4ccccc4)c2-c2cc(Br)ccc2CC1C(=O)c1ccccc1-3. The summed E-state index contributed by atoms with van der Waals surface area (Å²) in [6.45, 7) is 2.25. The van der Waals surface area contributed by atoms with Gasteiger partial charge in [0.25, 0.3) is 0 Å². The van der Waals surface area contributed by atoms with Gasteiger partial charge < -0.3 is 0 Å². The highest BCUT2D eigenvalue weighted by Crippen LogP contribution is 2.57. The van der Waals surface area contributed by atoms with Gasteiger partial charge in [0.2, 0.25) is 0 Å². The minimum atomic E-state index is -0.0354. The second kappa shape index (κ2) is 6.76. The van der Waals surface area contributed by atoms with E-state index >= 15 is 0 Å². The Morgan fingerprint density at radius 2 is 1.60 bits per heavy atom. The van der Waals surface area contributed by atoms with Crippen molar-refractivity contribution in [2.75, 3.05) is 0 Å². The van der Waals surface area contributed by atoms with E-state index in [1.165, 1.54) is 37.6 Å². The lowest BCUT2D eigenvalue weighted by Crippen LogP contribution is -2.21. The Balaban J connectivity index is 1.80. The summed E-state index contributed by atoms with van der Waals surface area (Å²) in [5, 5.41) is 0. The highest BCUT2D eigenvalue weighted by molar-refractivity contribution is 9.10. The summed E-state index contributed by atoms with van der Waals surface area (Å²) in [5.41, 5.74) is 8.41. The number of halogens is 1. The molecule has 3 heteroatoms. The van der Waals surface area contributed by atoms with Gasteiger partial charge in [0.15, 0.2) is 5.78 Å². The predicted molar refractivity (Wildman–Crippen MR) is 128 cm³/mol. The monoisotopic (exact) mass is 470 g/mol. The Bertz CT molecular complexity index is 1320. The third-order valence-electron chi connectivity index (χ3n) is 6.60. The first kappa shape index (κ1) is 18.3. The molecule has 6 rings (SSSR count). The van der Waals surface area contributed by atoms with E-state index in [1.54, 1.807) is 0 Å². The lowest BCUT2D eigenvalue weighted by atomic mass is 9.82. The van der Waals surface area contributed by atoms with E-state index in [0.717, 1.165) is 22.0 Å². The van der Waals surface area contributed by atoms with Crippen LogP contribution in [0.3, 0.4) is 0 Å². The zero-order valence-corrected chi connectivity index (χ0v) is 18.9. The summed E-state index contributed by atoms with van der Waals surface area (Å²) in [6, 6.07) is 25.4. The molecule has 3 aromatic carbocycles. The van der Waals surface area contributed by atoms with Gasteiger partial charge >= 0.3 is 0 Å². The summed E-state index contributed by atoms with van der Waals surface area (Å²) in [5.74, 6) is 0.422. The highest BCUT2D eigenvalue weighted by atomic mass is 79.9. The molecule has 4 aromatic rings. The van der Waals surface area contributed by atoms with Crippen molar-refractivity contribution in [3.8, 4) is 32.0 Å². The average molecular weight is 471 g/mol. The van der Waals surface area contributed by atoms with Crippen LogP contribution in [0.2, 0.25) is 0 Å². The Labute approximate surface area is 188 Å². The molecular weight excluding hydrogens is 452 g/mol.